The summed E-state index contributed by atoms with van der Waals surface area (Å²) in [4.78, 5) is 59.9. The highest BCUT2D eigenvalue weighted by Gasteiger charge is 2.38. The van der Waals surface area contributed by atoms with E-state index in [0.717, 1.165) is 0 Å². The fraction of sp³-hybridized carbons (Fsp3) is 0.706. The van der Waals surface area contributed by atoms with Crippen molar-refractivity contribution in [3.05, 3.63) is 0 Å². The van der Waals surface area contributed by atoms with Crippen LogP contribution < -0.4 is 16.4 Å². The van der Waals surface area contributed by atoms with Crippen molar-refractivity contribution in [1.29, 1.82) is 0 Å². The molecule has 11 heteroatoms. The van der Waals surface area contributed by atoms with E-state index >= 15 is 0 Å². The first-order valence-corrected chi connectivity index (χ1v) is 9.12. The first-order chi connectivity index (χ1) is 13.0. The van der Waals surface area contributed by atoms with Crippen molar-refractivity contribution in [1.82, 2.24) is 15.5 Å². The maximum absolute atomic E-state index is 12.7. The van der Waals surface area contributed by atoms with Crippen LogP contribution >= 0.6 is 0 Å². The molecule has 1 aliphatic rings. The van der Waals surface area contributed by atoms with Crippen LogP contribution in [0.4, 0.5) is 0 Å². The molecular formula is C17H28N4O7. The van der Waals surface area contributed by atoms with Gasteiger partial charge in [0.1, 0.15) is 18.6 Å². The lowest BCUT2D eigenvalue weighted by atomic mass is 10.0. The van der Waals surface area contributed by atoms with E-state index < -0.39 is 54.3 Å². The summed E-state index contributed by atoms with van der Waals surface area (Å²) in [5.74, 6) is -4.23. The number of amides is 3. The Hall–Kier alpha value is -2.69. The maximum atomic E-state index is 12.7. The molecule has 1 saturated heterocycles. The van der Waals surface area contributed by atoms with Crippen molar-refractivity contribution in [3.8, 4) is 0 Å². The number of nitrogens with two attached hydrogens (primary N) is 1. The summed E-state index contributed by atoms with van der Waals surface area (Å²) in [6.45, 7) is 3.15. The Morgan fingerprint density at radius 2 is 1.79 bits per heavy atom. The SMILES string of the molecule is CC(C)C(NC(=O)C1CCCN1C(=O)C(N)CCC(=O)O)C(=O)NCC(=O)O. The van der Waals surface area contributed by atoms with Gasteiger partial charge in [0.15, 0.2) is 0 Å². The topological polar surface area (TPSA) is 179 Å². The molecule has 0 spiro atoms. The second-order valence-corrected chi connectivity index (χ2v) is 7.07. The van der Waals surface area contributed by atoms with Gasteiger partial charge in [-0.3, -0.25) is 24.0 Å². The number of nitrogens with zero attached hydrogens (tertiary/aromatic N) is 1. The number of nitrogens with one attached hydrogen (secondary N) is 2. The predicted octanol–water partition coefficient (Wildman–Crippen LogP) is -1.49. The predicted molar refractivity (Wildman–Crippen MR) is 97.0 cm³/mol. The summed E-state index contributed by atoms with van der Waals surface area (Å²) >= 11 is 0. The highest BCUT2D eigenvalue weighted by molar-refractivity contribution is 5.94. The second kappa shape index (κ2) is 10.6. The molecular weight excluding hydrogens is 372 g/mol. The number of carboxylic acids is 2. The number of likely N-dealkylation sites (tertiary alicyclic amines) is 1. The maximum Gasteiger partial charge on any atom is 0.322 e. The van der Waals surface area contributed by atoms with Crippen LogP contribution in [0.25, 0.3) is 0 Å². The normalized spacial score (nSPS) is 18.4. The molecule has 3 unspecified atom stereocenters. The third-order valence-corrected chi connectivity index (χ3v) is 4.49. The van der Waals surface area contributed by atoms with Gasteiger partial charge in [-0.05, 0) is 25.2 Å². The summed E-state index contributed by atoms with van der Waals surface area (Å²) in [5.41, 5.74) is 5.77. The van der Waals surface area contributed by atoms with Gasteiger partial charge in [0, 0.05) is 13.0 Å². The van der Waals surface area contributed by atoms with E-state index in [-0.39, 0.29) is 18.8 Å². The van der Waals surface area contributed by atoms with Crippen LogP contribution in [0.15, 0.2) is 0 Å². The summed E-state index contributed by atoms with van der Waals surface area (Å²) in [7, 11) is 0. The minimum absolute atomic E-state index is 0.0365. The molecule has 3 atom stereocenters. The van der Waals surface area contributed by atoms with Gasteiger partial charge in [-0.25, -0.2) is 0 Å². The zero-order valence-corrected chi connectivity index (χ0v) is 16.0. The standard InChI is InChI=1S/C17H28N4O7/c1-9(2)14(16(27)19-8-13(24)25)20-15(26)11-4-3-7-21(11)17(28)10(18)5-6-12(22)23/h9-11,14H,3-8,18H2,1-2H3,(H,19,27)(H,20,26)(H,22,23)(H,24,25). The molecule has 0 aromatic carbocycles. The molecule has 0 bridgehead atoms. The second-order valence-electron chi connectivity index (χ2n) is 7.07. The fourth-order valence-corrected chi connectivity index (χ4v) is 2.98. The number of hydrogen-bond donors (Lipinski definition) is 5. The summed E-state index contributed by atoms with van der Waals surface area (Å²) in [5, 5.41) is 22.2. The Bertz CT molecular complexity index is 623. The first kappa shape index (κ1) is 23.3. The third-order valence-electron chi connectivity index (χ3n) is 4.49. The minimum atomic E-state index is -1.20. The Morgan fingerprint density at radius 1 is 1.14 bits per heavy atom. The van der Waals surface area contributed by atoms with Crippen LogP contribution in [0.2, 0.25) is 0 Å². The van der Waals surface area contributed by atoms with Crippen LogP contribution in [-0.2, 0) is 24.0 Å². The zero-order valence-electron chi connectivity index (χ0n) is 16.0. The minimum Gasteiger partial charge on any atom is -0.481 e. The van der Waals surface area contributed by atoms with Gasteiger partial charge in [-0.1, -0.05) is 13.8 Å². The average Bonchev–Trinajstić information content (AvgIpc) is 3.10. The Labute approximate surface area is 162 Å². The lowest BCUT2D eigenvalue weighted by molar-refractivity contribution is -0.142. The van der Waals surface area contributed by atoms with E-state index in [9.17, 15) is 24.0 Å². The summed E-state index contributed by atoms with van der Waals surface area (Å²) in [6.07, 6.45) is 0.680. The molecule has 0 radical (unpaired) electrons. The van der Waals surface area contributed by atoms with Gasteiger partial charge in [-0.2, -0.15) is 0 Å². The quantitative estimate of drug-likeness (QED) is 0.294. The number of aliphatic carboxylic acids is 2. The summed E-state index contributed by atoms with van der Waals surface area (Å²) < 4.78 is 0. The van der Waals surface area contributed by atoms with Crippen LogP contribution in [0, 0.1) is 5.92 Å². The Kier molecular flexibility index (Phi) is 8.83. The van der Waals surface area contributed by atoms with Gasteiger partial charge >= 0.3 is 11.9 Å². The number of rotatable bonds is 10. The van der Waals surface area contributed by atoms with Crippen LogP contribution in [0.5, 0.6) is 0 Å². The van der Waals surface area contributed by atoms with Crippen LogP contribution in [-0.4, -0.2) is 76.0 Å². The van der Waals surface area contributed by atoms with E-state index in [1.165, 1.54) is 4.90 Å². The summed E-state index contributed by atoms with van der Waals surface area (Å²) in [6, 6.07) is -2.79. The number of carbonyl (C=O) groups excluding carboxylic acids is 3. The van der Waals surface area contributed by atoms with E-state index in [4.69, 9.17) is 15.9 Å². The van der Waals surface area contributed by atoms with Gasteiger partial charge in [0.05, 0.1) is 6.04 Å². The van der Waals surface area contributed by atoms with Crippen molar-refractivity contribution in [2.24, 2.45) is 11.7 Å². The molecule has 1 fully saturated rings. The lowest BCUT2D eigenvalue weighted by Gasteiger charge is -2.29. The number of carbonyl (C=O) groups is 5. The largest absolute Gasteiger partial charge is 0.481 e. The van der Waals surface area contributed by atoms with E-state index in [1.54, 1.807) is 13.8 Å². The van der Waals surface area contributed by atoms with E-state index in [0.29, 0.717) is 19.4 Å². The lowest BCUT2D eigenvalue weighted by Crippen LogP contribution is -2.56. The first-order valence-electron chi connectivity index (χ1n) is 9.12. The van der Waals surface area contributed by atoms with E-state index in [1.807, 2.05) is 0 Å². The monoisotopic (exact) mass is 400 g/mol. The van der Waals surface area contributed by atoms with Crippen LogP contribution in [0.1, 0.15) is 39.5 Å². The number of hydrogen-bond acceptors (Lipinski definition) is 6. The van der Waals surface area contributed by atoms with Crippen molar-refractivity contribution >= 4 is 29.7 Å². The molecule has 1 rings (SSSR count). The molecule has 3 amide bonds. The van der Waals surface area contributed by atoms with Gasteiger partial charge in [-0.15, -0.1) is 0 Å². The molecule has 158 valence electrons. The molecule has 0 aromatic rings. The smallest absolute Gasteiger partial charge is 0.322 e. The third kappa shape index (κ3) is 6.80. The zero-order chi connectivity index (χ0) is 21.4. The molecule has 0 aliphatic carbocycles. The highest BCUT2D eigenvalue weighted by Crippen LogP contribution is 2.20. The van der Waals surface area contributed by atoms with Gasteiger partial charge < -0.3 is 31.5 Å². The van der Waals surface area contributed by atoms with Crippen LogP contribution in [0.3, 0.4) is 0 Å². The molecule has 11 nitrogen and oxygen atoms in total. The van der Waals surface area contributed by atoms with E-state index in [2.05, 4.69) is 10.6 Å². The molecule has 28 heavy (non-hydrogen) atoms. The molecule has 0 saturated carbocycles. The molecule has 1 aliphatic heterocycles. The number of carboxylic acid groups (broad SMARTS) is 2. The van der Waals surface area contributed by atoms with Crippen molar-refractivity contribution in [2.45, 2.75) is 57.7 Å². The Morgan fingerprint density at radius 3 is 2.32 bits per heavy atom. The molecule has 0 aromatic heterocycles. The Balaban J connectivity index is 2.76. The van der Waals surface area contributed by atoms with Crippen molar-refractivity contribution in [2.75, 3.05) is 13.1 Å². The van der Waals surface area contributed by atoms with Gasteiger partial charge in [0.2, 0.25) is 17.7 Å². The molecule has 1 heterocycles. The average molecular weight is 400 g/mol. The fourth-order valence-electron chi connectivity index (χ4n) is 2.98. The molecule has 6 N–H and O–H groups in total. The van der Waals surface area contributed by atoms with Crippen molar-refractivity contribution < 1.29 is 34.2 Å². The highest BCUT2D eigenvalue weighted by atomic mass is 16.4. The van der Waals surface area contributed by atoms with Crippen molar-refractivity contribution in [3.63, 3.8) is 0 Å². The van der Waals surface area contributed by atoms with Gasteiger partial charge in [0.25, 0.3) is 0 Å².